The van der Waals surface area contributed by atoms with Gasteiger partial charge in [0.15, 0.2) is 48.3 Å². The molecule has 81 heavy (non-hydrogen) atoms. The van der Waals surface area contributed by atoms with E-state index in [0.717, 1.165) is 7.11 Å². The number of rotatable bonds is 20. The summed E-state index contributed by atoms with van der Waals surface area (Å²) in [7, 11) is 1.10. The van der Waals surface area contributed by atoms with Gasteiger partial charge in [-0.3, -0.25) is 38.4 Å². The van der Waals surface area contributed by atoms with Gasteiger partial charge in [0, 0.05) is 19.3 Å². The van der Waals surface area contributed by atoms with E-state index in [4.69, 9.17) is 66.3 Å². The highest BCUT2D eigenvalue weighted by molar-refractivity contribution is 5.86. The number of carboxylic acid groups (broad SMARTS) is 1. The van der Waals surface area contributed by atoms with Crippen molar-refractivity contribution in [2.45, 2.75) is 250 Å². The van der Waals surface area contributed by atoms with E-state index in [-0.39, 0.29) is 0 Å². The third kappa shape index (κ3) is 13.9. The Labute approximate surface area is 468 Å². The first-order chi connectivity index (χ1) is 37.4. The van der Waals surface area contributed by atoms with Crippen molar-refractivity contribution in [3.05, 3.63) is 0 Å². The number of hydrogen-bond acceptors (Lipinski definition) is 23. The van der Waals surface area contributed by atoms with Crippen LogP contribution >= 0.6 is 0 Å². The van der Waals surface area contributed by atoms with E-state index in [1.165, 1.54) is 20.8 Å². The quantitative estimate of drug-likeness (QED) is 0.106. The summed E-state index contributed by atoms with van der Waals surface area (Å²) in [5, 5.41) is 21.4. The lowest BCUT2D eigenvalue weighted by Gasteiger charge is -2.34. The standard InChI is InChI=1S/C53H78N4O24/c1-20(58)31-35(69-44-39(31)73-50(7,8)77-44)23(55-29(63)18-25(57-48(67)81-49(4,5)6)37-33(22(3)60)41-46(71-37)79-52(11,12)75-41)16-27(61)54-24(36-32(21(2)59)40-45(70-36)78-51(9,10)74-40)17-28(62)56-26(19-30(64)68-15)38-34(43(65)66)42-47(72-38)80-53(13,14)76-42/h23-26,31-42,44-47H,16-19H2,1-15H3,(H,54,61)(H,55,63)(H,56,62)(H,57,67)(H,65,66)/t23?,24?,25?,26?,31-,32-,33-,34-,35+,36+,37+,38+,39+,40+,41+,42+,44+,45+,46+,47+/m0/s1. The molecule has 8 aliphatic heterocycles. The number of Topliss-reactive ketones (excluding diaryl/α,β-unsaturated/α-hetero) is 3. The van der Waals surface area contributed by atoms with Gasteiger partial charge in [0.2, 0.25) is 17.7 Å². The van der Waals surface area contributed by atoms with E-state index in [1.807, 2.05) is 0 Å². The van der Waals surface area contributed by atoms with Crippen molar-refractivity contribution in [1.29, 1.82) is 0 Å². The fourth-order valence-corrected chi connectivity index (χ4v) is 12.3. The van der Waals surface area contributed by atoms with E-state index in [2.05, 4.69) is 21.3 Å². The molecule has 0 aromatic heterocycles. The van der Waals surface area contributed by atoms with Crippen molar-refractivity contribution < 1.29 is 115 Å². The van der Waals surface area contributed by atoms with Crippen molar-refractivity contribution in [2.24, 2.45) is 23.7 Å². The third-order valence-electron chi connectivity index (χ3n) is 15.2. The summed E-state index contributed by atoms with van der Waals surface area (Å²) in [5.41, 5.74) is -1.00. The van der Waals surface area contributed by atoms with Gasteiger partial charge in [0.05, 0.1) is 79.9 Å². The Morgan fingerprint density at radius 2 is 0.716 bits per heavy atom. The van der Waals surface area contributed by atoms with Crippen LogP contribution in [0.1, 0.15) is 123 Å². The number of amides is 4. The smallest absolute Gasteiger partial charge is 0.407 e. The summed E-state index contributed by atoms with van der Waals surface area (Å²) in [6.07, 6.45) is -17.5. The van der Waals surface area contributed by atoms with Crippen LogP contribution < -0.4 is 21.3 Å². The summed E-state index contributed by atoms with van der Waals surface area (Å²) < 4.78 is 83.4. The van der Waals surface area contributed by atoms with E-state index in [0.29, 0.717) is 0 Å². The molecule has 0 radical (unpaired) electrons. The molecule has 5 N–H and O–H groups in total. The summed E-state index contributed by atoms with van der Waals surface area (Å²) in [4.78, 5) is 124. The second kappa shape index (κ2) is 23.0. The molecule has 0 saturated carbocycles. The molecule has 0 bridgehead atoms. The van der Waals surface area contributed by atoms with Crippen molar-refractivity contribution in [1.82, 2.24) is 21.3 Å². The zero-order valence-electron chi connectivity index (χ0n) is 48.2. The number of ether oxygens (including phenoxy) is 14. The van der Waals surface area contributed by atoms with E-state index < -0.39 is 229 Å². The molecule has 28 heteroatoms. The molecule has 0 aliphatic carbocycles. The number of nitrogens with one attached hydrogen (secondary N) is 4. The highest BCUT2D eigenvalue weighted by Crippen LogP contribution is 2.47. The van der Waals surface area contributed by atoms with Crippen molar-refractivity contribution in [2.75, 3.05) is 7.11 Å². The van der Waals surface area contributed by atoms with E-state index >= 15 is 0 Å². The number of carbonyl (C=O) groups is 9. The molecule has 8 saturated heterocycles. The molecule has 4 unspecified atom stereocenters. The molecule has 454 valence electrons. The summed E-state index contributed by atoms with van der Waals surface area (Å²) in [6, 6.07) is -5.58. The largest absolute Gasteiger partial charge is 0.481 e. The van der Waals surface area contributed by atoms with Crippen LogP contribution in [-0.4, -0.2) is 192 Å². The maximum atomic E-state index is 14.9. The Morgan fingerprint density at radius 3 is 0.988 bits per heavy atom. The zero-order chi connectivity index (χ0) is 59.8. The Bertz CT molecular complexity index is 2480. The van der Waals surface area contributed by atoms with E-state index in [9.17, 15) is 48.3 Å². The highest BCUT2D eigenvalue weighted by atomic mass is 16.9. The summed E-state index contributed by atoms with van der Waals surface area (Å²) in [5.74, 6) is -15.7. The lowest BCUT2D eigenvalue weighted by atomic mass is 9.86. The van der Waals surface area contributed by atoms with Crippen molar-refractivity contribution in [3.63, 3.8) is 0 Å². The van der Waals surface area contributed by atoms with Gasteiger partial charge in [-0.2, -0.15) is 0 Å². The molecule has 8 rings (SSSR count). The Kier molecular flexibility index (Phi) is 17.6. The number of fused-ring (bicyclic) bond motifs is 4. The number of hydrogen-bond donors (Lipinski definition) is 5. The fraction of sp³-hybridized carbons (Fsp3) is 0.830. The molecule has 28 nitrogen and oxygen atoms in total. The van der Waals surface area contributed by atoms with Crippen LogP contribution in [0.2, 0.25) is 0 Å². The Morgan fingerprint density at radius 1 is 0.444 bits per heavy atom. The second-order valence-corrected chi connectivity index (χ2v) is 24.7. The minimum absolute atomic E-state index is 0.393. The molecule has 8 fully saturated rings. The maximum absolute atomic E-state index is 14.9. The van der Waals surface area contributed by atoms with Crippen LogP contribution in [0.15, 0.2) is 0 Å². The first-order valence-electron chi connectivity index (χ1n) is 27.2. The van der Waals surface area contributed by atoms with Crippen LogP contribution in [0.4, 0.5) is 4.79 Å². The minimum atomic E-state index is -1.45. The molecule has 8 heterocycles. The van der Waals surface area contributed by atoms with Gasteiger partial charge >= 0.3 is 18.0 Å². The van der Waals surface area contributed by atoms with Gasteiger partial charge in [0.25, 0.3) is 0 Å². The lowest BCUT2D eigenvalue weighted by molar-refractivity contribution is -0.215. The third-order valence-corrected chi connectivity index (χ3v) is 15.2. The minimum Gasteiger partial charge on any atom is -0.481 e. The van der Waals surface area contributed by atoms with Crippen LogP contribution in [0.3, 0.4) is 0 Å². The van der Waals surface area contributed by atoms with Gasteiger partial charge in [0.1, 0.15) is 53.3 Å². The lowest BCUT2D eigenvalue weighted by Crippen LogP contribution is -2.56. The first-order valence-corrected chi connectivity index (χ1v) is 27.2. The van der Waals surface area contributed by atoms with Gasteiger partial charge in [-0.15, -0.1) is 0 Å². The summed E-state index contributed by atoms with van der Waals surface area (Å²) in [6.45, 7) is 21.6. The normalized spacial score (nSPS) is 36.9. The van der Waals surface area contributed by atoms with Gasteiger partial charge in [-0.25, -0.2) is 4.79 Å². The Hall–Kier alpha value is -4.85. The number of aliphatic carboxylic acids is 1. The van der Waals surface area contributed by atoms with Crippen molar-refractivity contribution >= 4 is 53.1 Å². The molecule has 8 aliphatic rings. The molecule has 20 atom stereocenters. The average Bonchev–Trinajstić information content (AvgIpc) is 4.40. The number of alkyl carbamates (subject to hydrolysis) is 1. The predicted molar refractivity (Wildman–Crippen MR) is 268 cm³/mol. The summed E-state index contributed by atoms with van der Waals surface area (Å²) >= 11 is 0. The van der Waals surface area contributed by atoms with E-state index in [1.54, 1.807) is 76.2 Å². The maximum Gasteiger partial charge on any atom is 0.407 e. The number of carbonyl (C=O) groups excluding carboxylic acids is 8. The van der Waals surface area contributed by atoms with Crippen LogP contribution in [0.5, 0.6) is 0 Å². The Balaban J connectivity index is 1.09. The predicted octanol–water partition coefficient (Wildman–Crippen LogP) is 0.890. The molecular formula is C53H78N4O24. The number of carboxylic acids is 1. The van der Waals surface area contributed by atoms with Crippen molar-refractivity contribution in [3.8, 4) is 0 Å². The molecule has 0 spiro atoms. The van der Waals surface area contributed by atoms with Crippen LogP contribution in [0.25, 0.3) is 0 Å². The molecule has 0 aromatic rings. The number of methoxy groups -OCH3 is 1. The SMILES string of the molecule is COC(=O)CC(NC(=O)CC(NC(=O)CC(NC(=O)CC(NC(=O)OC(C)(C)C)[C@H]1O[C@@H]2OC(C)(C)O[C@@H]2[C@H]1C(C)=O)[C@H]1O[C@@H]2OC(C)(C)O[C@@H]2[C@H]1C(C)=O)[C@H]1O[C@@H]2OC(C)(C)O[C@@H]2[C@H]1C(C)=O)[C@H]1O[C@@H]2OC(C)(C)O[C@@H]2[C@H]1C(=O)O. The topological polar surface area (TPSA) is 351 Å². The zero-order valence-corrected chi connectivity index (χ0v) is 48.2. The number of esters is 1. The van der Waals surface area contributed by atoms with Crippen LogP contribution in [-0.2, 0) is 105 Å². The first kappa shape index (κ1) is 62.2. The monoisotopic (exact) mass is 1150 g/mol. The average molecular weight is 1160 g/mol. The van der Waals surface area contributed by atoms with Gasteiger partial charge < -0.3 is 92.7 Å². The molecule has 0 aromatic carbocycles. The highest BCUT2D eigenvalue weighted by Gasteiger charge is 2.63. The molecule has 4 amide bonds. The second-order valence-electron chi connectivity index (χ2n) is 24.7. The number of ketones is 3. The fourth-order valence-electron chi connectivity index (χ4n) is 12.3. The van der Waals surface area contributed by atoms with Gasteiger partial charge in [-0.1, -0.05) is 0 Å². The van der Waals surface area contributed by atoms with Crippen LogP contribution in [0, 0.1) is 23.7 Å². The molecular weight excluding hydrogens is 1080 g/mol. The van der Waals surface area contributed by atoms with Gasteiger partial charge in [-0.05, 0) is 96.9 Å².